The molecule has 5 heterocycles. The number of hydrogen-bond acceptors (Lipinski definition) is 25. The fourth-order valence-corrected chi connectivity index (χ4v) is 16.7. The van der Waals surface area contributed by atoms with Gasteiger partial charge in [0.2, 0.25) is 10.4 Å². The average Bonchev–Trinajstić information content (AvgIpc) is 2.10. The number of cyclic esters (lactones) is 1. The molecule has 9 rings (SSSR count). The maximum Gasteiger partial charge on any atom is 1.00 e. The Labute approximate surface area is 494 Å². The summed E-state index contributed by atoms with van der Waals surface area (Å²) in [7, 11) is -4.24. The third-order valence-corrected chi connectivity index (χ3v) is 20.8. The van der Waals surface area contributed by atoms with Gasteiger partial charge >= 0.3 is 35.5 Å². The first-order chi connectivity index (χ1) is 37.4. The number of aliphatic hydroxyl groups is 10. The number of aliphatic hydroxyl groups excluding tert-OH is 10. The molecular formula is C54H85NaO25S. The van der Waals surface area contributed by atoms with Gasteiger partial charge in [-0.3, -0.25) is 8.98 Å². The van der Waals surface area contributed by atoms with Crippen LogP contribution in [0.3, 0.4) is 0 Å². The number of allylic oxidation sites excluding steroid dienone is 3. The molecule has 10 N–H and O–H groups in total. The average molecular weight is 1190 g/mol. The van der Waals surface area contributed by atoms with Crippen LogP contribution in [0.15, 0.2) is 23.3 Å². The molecule has 0 radical (unpaired) electrons. The zero-order valence-corrected chi connectivity index (χ0v) is 50.6. The van der Waals surface area contributed by atoms with Gasteiger partial charge in [-0.1, -0.05) is 51.0 Å². The van der Waals surface area contributed by atoms with Gasteiger partial charge in [0.15, 0.2) is 25.2 Å². The van der Waals surface area contributed by atoms with Crippen LogP contribution in [0.1, 0.15) is 107 Å². The maximum absolute atomic E-state index is 14.4. The third kappa shape index (κ3) is 11.4. The van der Waals surface area contributed by atoms with Gasteiger partial charge in [0.25, 0.3) is 0 Å². The molecule has 3 saturated carbocycles. The topological polar surface area (TPSA) is 378 Å². The molecule has 27 heteroatoms. The Kier molecular flexibility index (Phi) is 20.0. The number of fused-ring (bicyclic) bond motifs is 4. The fraction of sp³-hybridized carbons (Fsp3) is 0.907. The van der Waals surface area contributed by atoms with Gasteiger partial charge in [0.05, 0.1) is 38.1 Å². The van der Waals surface area contributed by atoms with Crippen molar-refractivity contribution >= 4 is 16.4 Å². The second-order valence-electron chi connectivity index (χ2n) is 25.4. The molecule has 0 aromatic carbocycles. The van der Waals surface area contributed by atoms with Gasteiger partial charge in [-0.25, -0.2) is 8.42 Å². The quantitative estimate of drug-likeness (QED) is 0.0176. The molecule has 5 saturated heterocycles. The van der Waals surface area contributed by atoms with Crippen LogP contribution in [0.4, 0.5) is 0 Å². The van der Waals surface area contributed by atoms with Crippen LogP contribution >= 0.6 is 0 Å². The molecule has 5 aliphatic heterocycles. The summed E-state index contributed by atoms with van der Waals surface area (Å²) >= 11 is 0. The fourth-order valence-electron chi connectivity index (χ4n) is 16.2. The molecular weight excluding hydrogens is 1100 g/mol. The number of esters is 1. The summed E-state index contributed by atoms with van der Waals surface area (Å²) in [6.45, 7) is 13.8. The predicted molar refractivity (Wildman–Crippen MR) is 270 cm³/mol. The van der Waals surface area contributed by atoms with Crippen molar-refractivity contribution in [3.05, 3.63) is 23.3 Å². The van der Waals surface area contributed by atoms with Crippen molar-refractivity contribution in [2.24, 2.45) is 39.4 Å². The van der Waals surface area contributed by atoms with Gasteiger partial charge < -0.3 is 103 Å². The second kappa shape index (κ2) is 24.6. The molecule has 81 heavy (non-hydrogen) atoms. The van der Waals surface area contributed by atoms with E-state index < -0.39 is 186 Å². The summed E-state index contributed by atoms with van der Waals surface area (Å²) in [4.78, 5) is 14.4. The summed E-state index contributed by atoms with van der Waals surface area (Å²) < 4.78 is 99.9. The molecule has 25 nitrogen and oxygen atoms in total. The molecule has 0 bridgehead atoms. The Bertz CT molecular complexity index is 2400. The van der Waals surface area contributed by atoms with E-state index in [-0.39, 0.29) is 53.3 Å². The van der Waals surface area contributed by atoms with Crippen LogP contribution in [0.25, 0.3) is 0 Å². The summed E-state index contributed by atoms with van der Waals surface area (Å²) in [5, 5.41) is 112. The van der Waals surface area contributed by atoms with Crippen LogP contribution in [0, 0.1) is 39.4 Å². The molecule has 1 spiro atoms. The number of carbonyl (C=O) groups excluding carboxylic acids is 1. The van der Waals surface area contributed by atoms with Crippen LogP contribution in [-0.4, -0.2) is 231 Å². The van der Waals surface area contributed by atoms with Crippen molar-refractivity contribution in [3.8, 4) is 0 Å². The van der Waals surface area contributed by atoms with Gasteiger partial charge in [0, 0.05) is 13.0 Å². The van der Waals surface area contributed by atoms with E-state index in [2.05, 4.69) is 38.0 Å². The molecule has 0 aromatic heterocycles. The maximum atomic E-state index is 14.4. The summed E-state index contributed by atoms with van der Waals surface area (Å²) in [5.74, 6) is -0.558. The van der Waals surface area contributed by atoms with E-state index in [0.29, 0.717) is 19.3 Å². The van der Waals surface area contributed by atoms with Crippen molar-refractivity contribution in [1.29, 1.82) is 0 Å². The van der Waals surface area contributed by atoms with Crippen LogP contribution in [-0.2, 0) is 66.7 Å². The van der Waals surface area contributed by atoms with Gasteiger partial charge in [0.1, 0.15) is 96.5 Å². The van der Waals surface area contributed by atoms with E-state index in [0.717, 1.165) is 37.7 Å². The van der Waals surface area contributed by atoms with Crippen LogP contribution in [0.5, 0.6) is 0 Å². The molecule has 2 unspecified atom stereocenters. The summed E-state index contributed by atoms with van der Waals surface area (Å²) in [6, 6.07) is 0. The Balaban J connectivity index is 0.00000860. The number of carbonyl (C=O) groups is 1. The van der Waals surface area contributed by atoms with Crippen molar-refractivity contribution < 1.29 is 150 Å². The molecule has 8 fully saturated rings. The Morgan fingerprint density at radius 2 is 1.31 bits per heavy atom. The zero-order chi connectivity index (χ0) is 58.6. The number of methoxy groups -OCH3 is 1. The van der Waals surface area contributed by atoms with E-state index in [1.807, 2.05) is 26.8 Å². The van der Waals surface area contributed by atoms with Crippen molar-refractivity contribution in [1.82, 2.24) is 0 Å². The van der Waals surface area contributed by atoms with Crippen LogP contribution < -0.4 is 29.6 Å². The van der Waals surface area contributed by atoms with Gasteiger partial charge in [-0.05, 0) is 107 Å². The number of rotatable bonds is 16. The minimum atomic E-state index is -5.42. The number of ether oxygens (including phenoxy) is 10. The van der Waals surface area contributed by atoms with Crippen molar-refractivity contribution in [2.75, 3.05) is 26.9 Å². The zero-order valence-electron chi connectivity index (χ0n) is 47.8. The van der Waals surface area contributed by atoms with E-state index in [1.54, 1.807) is 0 Å². The number of hydrogen-bond donors (Lipinski definition) is 10. The second-order valence-corrected chi connectivity index (χ2v) is 26.4. The molecule has 0 aromatic rings. The largest absolute Gasteiger partial charge is 1.00 e. The normalized spacial score (nSPS) is 50.4. The molecule has 28 atom stereocenters. The minimum Gasteiger partial charge on any atom is -0.726 e. The van der Waals surface area contributed by atoms with Crippen molar-refractivity contribution in [3.63, 3.8) is 0 Å². The Morgan fingerprint density at radius 1 is 0.716 bits per heavy atom. The molecule has 9 aliphatic rings. The van der Waals surface area contributed by atoms with E-state index in [9.17, 15) is 68.8 Å². The first-order valence-electron chi connectivity index (χ1n) is 28.1. The van der Waals surface area contributed by atoms with Gasteiger partial charge in [-0.15, -0.1) is 0 Å². The molecule has 458 valence electrons. The smallest absolute Gasteiger partial charge is 0.726 e. The van der Waals surface area contributed by atoms with E-state index in [1.165, 1.54) is 19.6 Å². The first kappa shape index (κ1) is 66.0. The summed E-state index contributed by atoms with van der Waals surface area (Å²) in [6.07, 6.45) is -24.4. The molecule has 4 aliphatic carbocycles. The minimum absolute atomic E-state index is 0. The third-order valence-electron chi connectivity index (χ3n) is 20.3. The van der Waals surface area contributed by atoms with E-state index >= 15 is 0 Å². The van der Waals surface area contributed by atoms with Crippen molar-refractivity contribution in [2.45, 2.75) is 241 Å². The Hall–Kier alpha value is -0.940. The monoisotopic (exact) mass is 1190 g/mol. The predicted octanol–water partition coefficient (Wildman–Crippen LogP) is -3.93. The SMILES string of the molecule is CO[C@@H]1[C@@H](O)[C@H](O[C@@H]2[C@@H](O)[C@H](O[C@H]3[C@H](O)[C@@H](O)[C@H](O[C@H]4[C@H](O[C@H]5CC[C@]6(C)C7=C[C@H](O)C89C(=O)O[C@@](C)(CCC=C(C)C)[C@H]8CC[C@@]9(C)C7CC[C@H]6C5(C)C)OC[C@@H](OS(=O)(=O)[O-])[C@@H]4O)O[C@@H]3C)O[C@H](CO)[C@H]2O)O[C@H](CO)[C@H]1O.[Na+]. The van der Waals surface area contributed by atoms with Crippen LogP contribution in [0.2, 0.25) is 0 Å². The van der Waals surface area contributed by atoms with E-state index in [4.69, 9.17) is 47.4 Å². The summed E-state index contributed by atoms with van der Waals surface area (Å²) in [5.41, 5.74) is -1.21. The molecule has 0 amide bonds. The first-order valence-corrected chi connectivity index (χ1v) is 29.4. The standard InChI is InChI=1S/C54H86O25S.Na/c1-23(2)11-10-16-53(8)31-14-18-52(7)25-12-13-30-50(4,5)33(15-17-51(30,6)26(25)19-32(57)54(31,52)49(65)78-53)74-48-44(36(60)29(22-70-48)79-80(66,67)68)77-45-38(62)37(61)41(24(3)71-45)75-47-40(64)43(35(59)28(21-56)73-47)76-46-39(63)42(69-9)34(58)27(20-55)72-46;/h11,19,24-25,27-48,55-64H,10,12-18,20-22H2,1-9H3,(H,66,67,68);/q;+1/p-1/t24-,25?,27-,28-,29-,30+,31-,32+,33+,34-,35-,36+,37-,38-,39-,40-,41-,42+,43+,44-,45+,46+,47+,48+,51-,52+,53+,54?;/m1./s1. The van der Waals surface area contributed by atoms with Gasteiger partial charge in [-0.2, -0.15) is 0 Å². The Morgan fingerprint density at radius 3 is 1.91 bits per heavy atom.